The quantitative estimate of drug-likeness (QED) is 0.746. The Morgan fingerprint density at radius 2 is 2.43 bits per heavy atom. The molecule has 0 amide bonds. The van der Waals surface area contributed by atoms with E-state index < -0.39 is 10.3 Å². The van der Waals surface area contributed by atoms with Crippen LogP contribution in [0.4, 0.5) is 0 Å². The van der Waals surface area contributed by atoms with Gasteiger partial charge in [-0.2, -0.15) is 13.1 Å². The maximum absolute atomic E-state index is 10.4. The third-order valence-electron chi connectivity index (χ3n) is 1.65. The summed E-state index contributed by atoms with van der Waals surface area (Å²) >= 11 is 1.50. The normalized spacial score (nSPS) is 12.4. The maximum atomic E-state index is 10.4. The van der Waals surface area contributed by atoms with Crippen LogP contribution in [0.5, 0.6) is 0 Å². The number of fused-ring (bicyclic) bond motifs is 1. The topological polar surface area (TPSA) is 83.7 Å². The Morgan fingerprint density at radius 3 is 3.14 bits per heavy atom. The van der Waals surface area contributed by atoms with Crippen LogP contribution in [0.2, 0.25) is 0 Å². The fourth-order valence-electron chi connectivity index (χ4n) is 1.08. The minimum absolute atomic E-state index is 0.0241. The summed E-state index contributed by atoms with van der Waals surface area (Å²) in [5, 5.41) is 1.87. The van der Waals surface area contributed by atoms with E-state index in [1.54, 1.807) is 16.8 Å². The average Bonchev–Trinajstić information content (AvgIpc) is 2.59. The molecule has 0 spiro atoms. The molecule has 2 N–H and O–H groups in total. The highest BCUT2D eigenvalue weighted by molar-refractivity contribution is 7.83. The zero-order valence-electron chi connectivity index (χ0n) is 6.91. The number of imidazole rings is 1. The smallest absolute Gasteiger partial charge is 0.293 e. The molecule has 0 bridgehead atoms. The number of aromatic nitrogens is 2. The van der Waals surface area contributed by atoms with Crippen molar-refractivity contribution in [2.45, 2.75) is 6.54 Å². The van der Waals surface area contributed by atoms with Gasteiger partial charge in [0.15, 0.2) is 0 Å². The van der Waals surface area contributed by atoms with Crippen LogP contribution in [0, 0.1) is 0 Å². The van der Waals surface area contributed by atoms with Crippen LogP contribution in [0.1, 0.15) is 5.82 Å². The second-order valence-corrected chi connectivity index (χ2v) is 4.75. The van der Waals surface area contributed by atoms with Gasteiger partial charge in [0.2, 0.25) is 0 Å². The summed E-state index contributed by atoms with van der Waals surface area (Å²) in [5.41, 5.74) is 0. The van der Waals surface area contributed by atoms with E-state index in [1.165, 1.54) is 11.3 Å². The van der Waals surface area contributed by atoms with Crippen molar-refractivity contribution >= 4 is 26.5 Å². The monoisotopic (exact) mass is 233 g/mol. The molecule has 0 atom stereocenters. The third kappa shape index (κ3) is 1.93. The van der Waals surface area contributed by atoms with Gasteiger partial charge in [-0.1, -0.05) is 0 Å². The Balaban J connectivity index is 2.24. The summed E-state index contributed by atoms with van der Waals surface area (Å²) in [4.78, 5) is 4.92. The standard InChI is InChI=1S/C6H7N3O3S2/c10-14(11,12)8-3-5-7-4-6-9(5)1-2-13-6/h1-2,4,8H,3H2,(H,10,11,12). The number of hydrogen-bond acceptors (Lipinski definition) is 4. The van der Waals surface area contributed by atoms with Crippen LogP contribution < -0.4 is 4.72 Å². The predicted molar refractivity (Wildman–Crippen MR) is 51.5 cm³/mol. The van der Waals surface area contributed by atoms with Gasteiger partial charge in [0.1, 0.15) is 10.7 Å². The Bertz CT molecular complexity index is 541. The Labute approximate surface area is 84.1 Å². The largest absolute Gasteiger partial charge is 0.333 e. The first-order valence-electron chi connectivity index (χ1n) is 3.68. The lowest BCUT2D eigenvalue weighted by Gasteiger charge is -1.98. The molecule has 2 rings (SSSR count). The molecular formula is C6H7N3O3S2. The number of nitrogens with one attached hydrogen (secondary N) is 1. The molecule has 0 saturated carbocycles. The minimum atomic E-state index is -4.15. The lowest BCUT2D eigenvalue weighted by atomic mass is 10.6. The first-order valence-corrected chi connectivity index (χ1v) is 6.00. The molecule has 76 valence electrons. The first kappa shape index (κ1) is 9.59. The van der Waals surface area contributed by atoms with Gasteiger partial charge in [0.25, 0.3) is 0 Å². The van der Waals surface area contributed by atoms with Gasteiger partial charge in [-0.05, 0) is 0 Å². The molecule has 0 saturated heterocycles. The summed E-state index contributed by atoms with van der Waals surface area (Å²) in [6.45, 7) is -0.0241. The van der Waals surface area contributed by atoms with Crippen LogP contribution >= 0.6 is 11.3 Å². The van der Waals surface area contributed by atoms with E-state index in [2.05, 4.69) is 4.98 Å². The highest BCUT2D eigenvalue weighted by atomic mass is 32.2. The molecule has 2 aromatic rings. The highest BCUT2D eigenvalue weighted by Gasteiger charge is 2.07. The highest BCUT2D eigenvalue weighted by Crippen LogP contribution is 2.12. The van der Waals surface area contributed by atoms with Crippen molar-refractivity contribution < 1.29 is 13.0 Å². The van der Waals surface area contributed by atoms with Gasteiger partial charge in [-0.15, -0.1) is 11.3 Å². The van der Waals surface area contributed by atoms with Crippen LogP contribution in [0.25, 0.3) is 4.83 Å². The molecule has 0 fully saturated rings. The zero-order chi connectivity index (χ0) is 10.2. The van der Waals surface area contributed by atoms with Crippen molar-refractivity contribution in [3.8, 4) is 0 Å². The van der Waals surface area contributed by atoms with Crippen molar-refractivity contribution in [2.75, 3.05) is 0 Å². The van der Waals surface area contributed by atoms with Crippen molar-refractivity contribution in [1.82, 2.24) is 14.1 Å². The van der Waals surface area contributed by atoms with Crippen LogP contribution in [0.3, 0.4) is 0 Å². The Hall–Kier alpha value is -0.960. The van der Waals surface area contributed by atoms with Crippen LogP contribution in [-0.2, 0) is 16.8 Å². The molecule has 0 radical (unpaired) electrons. The molecule has 6 nitrogen and oxygen atoms in total. The molecule has 0 aromatic carbocycles. The third-order valence-corrected chi connectivity index (χ3v) is 2.96. The second-order valence-electron chi connectivity index (χ2n) is 2.58. The summed E-state index contributed by atoms with van der Waals surface area (Å²) in [6, 6.07) is 0. The summed E-state index contributed by atoms with van der Waals surface area (Å²) in [7, 11) is -4.15. The Kier molecular flexibility index (Phi) is 2.27. The van der Waals surface area contributed by atoms with E-state index in [9.17, 15) is 8.42 Å². The molecule has 0 aliphatic rings. The van der Waals surface area contributed by atoms with E-state index in [4.69, 9.17) is 4.55 Å². The van der Waals surface area contributed by atoms with Crippen molar-refractivity contribution in [3.63, 3.8) is 0 Å². The Morgan fingerprint density at radius 1 is 1.64 bits per heavy atom. The second kappa shape index (κ2) is 3.31. The van der Waals surface area contributed by atoms with Gasteiger partial charge in [-0.3, -0.25) is 8.95 Å². The fourth-order valence-corrected chi connectivity index (χ4v) is 2.10. The summed E-state index contributed by atoms with van der Waals surface area (Å²) < 4.78 is 33.0. The molecule has 0 unspecified atom stereocenters. The fraction of sp³-hybridized carbons (Fsp3) is 0.167. The van der Waals surface area contributed by atoms with Crippen molar-refractivity contribution in [3.05, 3.63) is 23.6 Å². The van der Waals surface area contributed by atoms with E-state index in [0.29, 0.717) is 5.82 Å². The van der Waals surface area contributed by atoms with E-state index >= 15 is 0 Å². The van der Waals surface area contributed by atoms with E-state index in [0.717, 1.165) is 4.83 Å². The molecule has 2 aromatic heterocycles. The molecular weight excluding hydrogens is 226 g/mol. The number of thiazole rings is 1. The number of rotatable bonds is 3. The maximum Gasteiger partial charge on any atom is 0.333 e. The van der Waals surface area contributed by atoms with Crippen LogP contribution in [0.15, 0.2) is 17.8 Å². The van der Waals surface area contributed by atoms with Gasteiger partial charge in [0.05, 0.1) is 12.7 Å². The zero-order valence-corrected chi connectivity index (χ0v) is 8.55. The van der Waals surface area contributed by atoms with Gasteiger partial charge in [-0.25, -0.2) is 4.98 Å². The minimum Gasteiger partial charge on any atom is -0.293 e. The van der Waals surface area contributed by atoms with Crippen molar-refractivity contribution in [1.29, 1.82) is 0 Å². The lowest BCUT2D eigenvalue weighted by molar-refractivity contribution is 0.466. The lowest BCUT2D eigenvalue weighted by Crippen LogP contribution is -2.22. The van der Waals surface area contributed by atoms with E-state index in [-0.39, 0.29) is 6.54 Å². The van der Waals surface area contributed by atoms with Gasteiger partial charge >= 0.3 is 10.3 Å². The predicted octanol–water partition coefficient (Wildman–Crippen LogP) is 0.288. The summed E-state index contributed by atoms with van der Waals surface area (Å²) in [5.74, 6) is 0.541. The van der Waals surface area contributed by atoms with Crippen LogP contribution in [-0.4, -0.2) is 22.4 Å². The molecule has 14 heavy (non-hydrogen) atoms. The average molecular weight is 233 g/mol. The summed E-state index contributed by atoms with van der Waals surface area (Å²) in [6.07, 6.45) is 3.43. The first-order chi connectivity index (χ1) is 6.56. The molecule has 0 aliphatic heterocycles. The molecule has 2 heterocycles. The van der Waals surface area contributed by atoms with Crippen molar-refractivity contribution in [2.24, 2.45) is 0 Å². The van der Waals surface area contributed by atoms with Gasteiger partial charge < -0.3 is 0 Å². The number of hydrogen-bond donors (Lipinski definition) is 2. The van der Waals surface area contributed by atoms with Gasteiger partial charge in [0, 0.05) is 11.6 Å². The SMILES string of the molecule is O=S(=O)(O)NCc1ncc2sccn12. The molecule has 0 aliphatic carbocycles. The van der Waals surface area contributed by atoms with E-state index in [1.807, 2.05) is 10.1 Å². The molecule has 8 heteroatoms. The number of nitrogens with zero attached hydrogens (tertiary/aromatic N) is 2.